The van der Waals surface area contributed by atoms with Crippen LogP contribution in [0.15, 0.2) is 48.5 Å². The van der Waals surface area contributed by atoms with Crippen LogP contribution < -0.4 is 5.32 Å². The van der Waals surface area contributed by atoms with Gasteiger partial charge in [-0.05, 0) is 35.7 Å². The van der Waals surface area contributed by atoms with Gasteiger partial charge < -0.3 is 5.32 Å². The number of benzene rings is 2. The lowest BCUT2D eigenvalue weighted by Gasteiger charge is -2.22. The van der Waals surface area contributed by atoms with Crippen molar-refractivity contribution in [1.82, 2.24) is 0 Å². The van der Waals surface area contributed by atoms with Gasteiger partial charge in [-0.3, -0.25) is 4.79 Å². The molecule has 1 unspecified atom stereocenters. The van der Waals surface area contributed by atoms with Gasteiger partial charge in [0.1, 0.15) is 0 Å². The predicted molar refractivity (Wildman–Crippen MR) is 89.1 cm³/mol. The molecule has 1 atom stereocenters. The smallest absolute Gasteiger partial charge is 0.325 e. The molecule has 128 valence electrons. The maximum Gasteiger partial charge on any atom is 0.418 e. The second kappa shape index (κ2) is 7.26. The topological polar surface area (TPSA) is 29.1 Å². The summed E-state index contributed by atoms with van der Waals surface area (Å²) in [5.74, 6) is -1.16. The van der Waals surface area contributed by atoms with Gasteiger partial charge in [-0.25, -0.2) is 0 Å². The first-order valence-corrected chi connectivity index (χ1v) is 7.80. The quantitative estimate of drug-likeness (QED) is 0.744. The minimum atomic E-state index is -4.53. The molecule has 0 aliphatic rings. The third kappa shape index (κ3) is 4.29. The third-order valence-corrected chi connectivity index (χ3v) is 3.92. The maximum absolute atomic E-state index is 13.1. The van der Waals surface area contributed by atoms with E-state index in [1.54, 1.807) is 24.3 Å². The van der Waals surface area contributed by atoms with Crippen molar-refractivity contribution in [2.24, 2.45) is 5.92 Å². The Labute approximate surface area is 143 Å². The lowest BCUT2D eigenvalue weighted by Crippen LogP contribution is -2.26. The molecule has 2 aromatic rings. The van der Waals surface area contributed by atoms with Crippen molar-refractivity contribution in [3.63, 3.8) is 0 Å². The SMILES string of the molecule is CC(C)C(C(=O)Nc1ccccc1C(F)(F)F)c1ccc(Cl)cc1. The predicted octanol–water partition coefficient (Wildman–Crippen LogP) is 5.74. The van der Waals surface area contributed by atoms with Crippen molar-refractivity contribution in [1.29, 1.82) is 0 Å². The number of carbonyl (C=O) groups is 1. The van der Waals surface area contributed by atoms with Crippen molar-refractivity contribution in [2.45, 2.75) is 25.9 Å². The summed E-state index contributed by atoms with van der Waals surface area (Å²) in [6, 6.07) is 11.7. The Balaban J connectivity index is 2.31. The molecule has 6 heteroatoms. The molecule has 0 aliphatic heterocycles. The molecule has 1 N–H and O–H groups in total. The Bertz CT molecular complexity index is 711. The number of hydrogen-bond donors (Lipinski definition) is 1. The van der Waals surface area contributed by atoms with Crippen molar-refractivity contribution < 1.29 is 18.0 Å². The third-order valence-electron chi connectivity index (χ3n) is 3.67. The van der Waals surface area contributed by atoms with Crippen LogP contribution in [0.2, 0.25) is 5.02 Å². The number of alkyl halides is 3. The fourth-order valence-electron chi connectivity index (χ4n) is 2.56. The molecule has 0 aliphatic carbocycles. The second-order valence-corrected chi connectivity index (χ2v) is 6.24. The lowest BCUT2D eigenvalue weighted by atomic mass is 9.87. The molecule has 0 saturated heterocycles. The molecule has 0 saturated carbocycles. The van der Waals surface area contributed by atoms with Crippen molar-refractivity contribution >= 4 is 23.2 Å². The van der Waals surface area contributed by atoms with Gasteiger partial charge >= 0.3 is 6.18 Å². The largest absolute Gasteiger partial charge is 0.418 e. The molecule has 0 spiro atoms. The monoisotopic (exact) mass is 355 g/mol. The highest BCUT2D eigenvalue weighted by Gasteiger charge is 2.34. The number of rotatable bonds is 4. The zero-order valence-electron chi connectivity index (χ0n) is 13.2. The van der Waals surface area contributed by atoms with E-state index in [0.717, 1.165) is 6.07 Å². The van der Waals surface area contributed by atoms with Gasteiger partial charge in [-0.1, -0.05) is 49.7 Å². The number of carbonyl (C=O) groups excluding carboxylic acids is 1. The lowest BCUT2D eigenvalue weighted by molar-refractivity contribution is -0.137. The average Bonchev–Trinajstić information content (AvgIpc) is 2.48. The van der Waals surface area contributed by atoms with E-state index in [1.807, 2.05) is 13.8 Å². The van der Waals surface area contributed by atoms with E-state index in [0.29, 0.717) is 10.6 Å². The zero-order chi connectivity index (χ0) is 17.9. The summed E-state index contributed by atoms with van der Waals surface area (Å²) >= 11 is 5.85. The number of halogens is 4. The molecule has 0 bridgehead atoms. The molecular formula is C18H17ClF3NO. The first kappa shape index (κ1) is 18.3. The van der Waals surface area contributed by atoms with Crippen molar-refractivity contribution in [3.8, 4) is 0 Å². The Morgan fingerprint density at radius 3 is 2.17 bits per heavy atom. The van der Waals surface area contributed by atoms with Crippen LogP contribution in [0.4, 0.5) is 18.9 Å². The highest BCUT2D eigenvalue weighted by molar-refractivity contribution is 6.30. The van der Waals surface area contributed by atoms with E-state index < -0.39 is 23.6 Å². The van der Waals surface area contributed by atoms with E-state index in [1.165, 1.54) is 18.2 Å². The van der Waals surface area contributed by atoms with Crippen molar-refractivity contribution in [3.05, 3.63) is 64.7 Å². The number of para-hydroxylation sites is 1. The Morgan fingerprint density at radius 1 is 1.04 bits per heavy atom. The molecule has 1 amide bonds. The number of amides is 1. The minimum absolute atomic E-state index is 0.0933. The van der Waals surface area contributed by atoms with Crippen LogP contribution in [0.1, 0.15) is 30.9 Å². The molecule has 0 heterocycles. The van der Waals surface area contributed by atoms with Crippen LogP contribution in [0.3, 0.4) is 0 Å². The van der Waals surface area contributed by atoms with E-state index in [-0.39, 0.29) is 11.6 Å². The first-order valence-electron chi connectivity index (χ1n) is 7.42. The van der Waals surface area contributed by atoms with Crippen LogP contribution >= 0.6 is 11.6 Å². The highest BCUT2D eigenvalue weighted by atomic mass is 35.5. The molecule has 24 heavy (non-hydrogen) atoms. The maximum atomic E-state index is 13.1. The number of anilines is 1. The van der Waals surface area contributed by atoms with Gasteiger partial charge in [0.05, 0.1) is 17.2 Å². The Morgan fingerprint density at radius 2 is 1.62 bits per heavy atom. The van der Waals surface area contributed by atoms with Gasteiger partial charge in [0, 0.05) is 5.02 Å². The summed E-state index contributed by atoms with van der Waals surface area (Å²) < 4.78 is 39.2. The summed E-state index contributed by atoms with van der Waals surface area (Å²) in [6.07, 6.45) is -4.53. The summed E-state index contributed by atoms with van der Waals surface area (Å²) in [6.45, 7) is 3.68. The molecule has 0 radical (unpaired) electrons. The fourth-order valence-corrected chi connectivity index (χ4v) is 2.68. The van der Waals surface area contributed by atoms with E-state index in [9.17, 15) is 18.0 Å². The minimum Gasteiger partial charge on any atom is -0.325 e. The summed E-state index contributed by atoms with van der Waals surface area (Å²) in [5, 5.41) is 2.95. The van der Waals surface area contributed by atoms with Gasteiger partial charge in [-0.15, -0.1) is 0 Å². The second-order valence-electron chi connectivity index (χ2n) is 5.81. The van der Waals surface area contributed by atoms with E-state index >= 15 is 0 Å². The van der Waals surface area contributed by atoms with Crippen molar-refractivity contribution in [2.75, 3.05) is 5.32 Å². The fraction of sp³-hybridized carbons (Fsp3) is 0.278. The highest BCUT2D eigenvalue weighted by Crippen LogP contribution is 2.35. The summed E-state index contributed by atoms with van der Waals surface area (Å²) in [5.41, 5.74) is -0.400. The van der Waals surface area contributed by atoms with Gasteiger partial charge in [0.25, 0.3) is 0 Å². The van der Waals surface area contributed by atoms with Crippen LogP contribution in [0, 0.1) is 5.92 Å². The standard InChI is InChI=1S/C18H17ClF3NO/c1-11(2)16(12-7-9-13(19)10-8-12)17(24)23-15-6-4-3-5-14(15)18(20,21)22/h3-11,16H,1-2H3,(H,23,24). The van der Waals surface area contributed by atoms with Gasteiger partial charge in [-0.2, -0.15) is 13.2 Å². The molecule has 2 nitrogen and oxygen atoms in total. The van der Waals surface area contributed by atoms with Crippen LogP contribution in [-0.4, -0.2) is 5.91 Å². The molecule has 0 aromatic heterocycles. The number of hydrogen-bond acceptors (Lipinski definition) is 1. The molecule has 2 rings (SSSR count). The molecular weight excluding hydrogens is 339 g/mol. The summed E-state index contributed by atoms with van der Waals surface area (Å²) in [4.78, 5) is 12.6. The van der Waals surface area contributed by atoms with Gasteiger partial charge in [0.15, 0.2) is 0 Å². The first-order chi connectivity index (χ1) is 11.2. The van der Waals surface area contributed by atoms with Crippen LogP contribution in [0.25, 0.3) is 0 Å². The average molecular weight is 356 g/mol. The van der Waals surface area contributed by atoms with E-state index in [2.05, 4.69) is 5.32 Å². The normalized spacial score (nSPS) is 13.0. The van der Waals surface area contributed by atoms with Gasteiger partial charge in [0.2, 0.25) is 5.91 Å². The van der Waals surface area contributed by atoms with E-state index in [4.69, 9.17) is 11.6 Å². The Kier molecular flexibility index (Phi) is 5.54. The van der Waals surface area contributed by atoms with Crippen LogP contribution in [-0.2, 0) is 11.0 Å². The summed E-state index contributed by atoms with van der Waals surface area (Å²) in [7, 11) is 0. The molecule has 0 fully saturated rings. The molecule has 2 aromatic carbocycles. The zero-order valence-corrected chi connectivity index (χ0v) is 13.9. The Hall–Kier alpha value is -2.01. The van der Waals surface area contributed by atoms with Crippen LogP contribution in [0.5, 0.6) is 0 Å². The number of nitrogens with one attached hydrogen (secondary N) is 1.